The highest BCUT2D eigenvalue weighted by Gasteiger charge is 2.71. The monoisotopic (exact) mass is 380 g/mol. The Hall–Kier alpha value is -2.28. The maximum Gasteiger partial charge on any atom is 0.250 e. The molecule has 3 atom stereocenters. The Morgan fingerprint density at radius 3 is 1.89 bits per heavy atom. The van der Waals surface area contributed by atoms with Crippen molar-refractivity contribution in [2.24, 2.45) is 34.5 Å². The summed E-state index contributed by atoms with van der Waals surface area (Å²) in [6.07, 6.45) is 2.49. The van der Waals surface area contributed by atoms with Crippen LogP contribution in [0.3, 0.4) is 0 Å². The average molecular weight is 381 g/mol. The van der Waals surface area contributed by atoms with Crippen molar-refractivity contribution < 1.29 is 4.43 Å². The lowest BCUT2D eigenvalue weighted by Gasteiger charge is -2.56. The van der Waals surface area contributed by atoms with Gasteiger partial charge in [-0.3, -0.25) is 0 Å². The van der Waals surface area contributed by atoms with Crippen LogP contribution in [0.5, 0.6) is 0 Å². The van der Waals surface area contributed by atoms with Gasteiger partial charge in [-0.05, 0) is 42.5 Å². The fourth-order valence-electron chi connectivity index (χ4n) is 4.27. The summed E-state index contributed by atoms with van der Waals surface area (Å²) in [4.78, 5) is 0. The first-order valence-corrected chi connectivity index (χ1v) is 12.3. The van der Waals surface area contributed by atoms with Crippen molar-refractivity contribution in [3.05, 3.63) is 11.8 Å². The molecule has 5 nitrogen and oxygen atoms in total. The van der Waals surface area contributed by atoms with Gasteiger partial charge in [-0.2, -0.15) is 21.0 Å². The first-order valence-electron chi connectivity index (χ1n) is 9.43. The number of rotatable bonds is 3. The SMILES string of the molecule is CC(C)[C@@H]1C[C@@H]2C(O[Si](C)(C)C(C)(C)C)=C[C@H]1C(C#N)(C#N)C2(C#N)C#N. The van der Waals surface area contributed by atoms with E-state index in [0.29, 0.717) is 12.2 Å². The predicted molar refractivity (Wildman–Crippen MR) is 104 cm³/mol. The topological polar surface area (TPSA) is 104 Å². The van der Waals surface area contributed by atoms with E-state index in [1.807, 2.05) is 6.08 Å². The summed E-state index contributed by atoms with van der Waals surface area (Å²) in [5.74, 6) is -0.0990. The molecule has 0 aromatic heterocycles. The highest BCUT2D eigenvalue weighted by atomic mass is 28.4. The highest BCUT2D eigenvalue weighted by Crippen LogP contribution is 2.65. The second-order valence-corrected chi connectivity index (χ2v) is 14.4. The fourth-order valence-corrected chi connectivity index (χ4v) is 5.38. The summed E-state index contributed by atoms with van der Waals surface area (Å²) in [6, 6.07) is 8.38. The van der Waals surface area contributed by atoms with Crippen LogP contribution in [-0.4, -0.2) is 8.32 Å². The zero-order valence-electron chi connectivity index (χ0n) is 17.3. The standard InChI is InChI=1S/C21H28N4OSi/c1-14(2)15-8-17-18(26-27(6,7)19(3,4)5)9-16(15)20(10-22,11-23)21(17,12-24)13-25/h9,14-17H,8H2,1-7H3/t15-,16+,17+/m0/s1. The zero-order valence-corrected chi connectivity index (χ0v) is 18.3. The third-order valence-electron chi connectivity index (χ3n) is 7.04. The molecule has 3 rings (SSSR count). The van der Waals surface area contributed by atoms with Crippen molar-refractivity contribution in [3.8, 4) is 24.3 Å². The van der Waals surface area contributed by atoms with Gasteiger partial charge < -0.3 is 4.43 Å². The Morgan fingerprint density at radius 1 is 1.04 bits per heavy atom. The van der Waals surface area contributed by atoms with Gasteiger partial charge in [0.2, 0.25) is 8.32 Å². The average Bonchev–Trinajstić information content (AvgIpc) is 2.59. The molecule has 0 aromatic carbocycles. The van der Waals surface area contributed by atoms with Crippen molar-refractivity contribution in [1.29, 1.82) is 21.0 Å². The molecule has 3 aliphatic rings. The van der Waals surface area contributed by atoms with Gasteiger partial charge in [-0.25, -0.2) is 0 Å². The number of nitriles is 4. The molecule has 3 aliphatic carbocycles. The summed E-state index contributed by atoms with van der Waals surface area (Å²) >= 11 is 0. The molecule has 27 heavy (non-hydrogen) atoms. The molecule has 1 fully saturated rings. The van der Waals surface area contributed by atoms with Crippen LogP contribution in [0.1, 0.15) is 41.0 Å². The zero-order chi connectivity index (χ0) is 20.8. The minimum Gasteiger partial charge on any atom is -0.546 e. The van der Waals surface area contributed by atoms with Crippen LogP contribution in [0.2, 0.25) is 18.1 Å². The van der Waals surface area contributed by atoms with Crippen LogP contribution in [0.15, 0.2) is 11.8 Å². The molecule has 1 saturated carbocycles. The molecule has 0 spiro atoms. The third kappa shape index (κ3) is 2.67. The molecule has 0 N–H and O–H groups in total. The van der Waals surface area contributed by atoms with Crippen molar-refractivity contribution in [2.75, 3.05) is 0 Å². The van der Waals surface area contributed by atoms with Crippen LogP contribution >= 0.6 is 0 Å². The van der Waals surface area contributed by atoms with Gasteiger partial charge in [0.05, 0.1) is 30.0 Å². The van der Waals surface area contributed by atoms with Gasteiger partial charge >= 0.3 is 0 Å². The Bertz CT molecular complexity index is 795. The second kappa shape index (κ2) is 6.40. The van der Waals surface area contributed by atoms with E-state index < -0.39 is 31.0 Å². The molecule has 0 radical (unpaired) electrons. The van der Waals surface area contributed by atoms with Gasteiger partial charge in [-0.15, -0.1) is 0 Å². The predicted octanol–water partition coefficient (Wildman–Crippen LogP) is 4.88. The van der Waals surface area contributed by atoms with E-state index in [0.717, 1.165) is 0 Å². The maximum atomic E-state index is 10.0. The van der Waals surface area contributed by atoms with E-state index in [1.54, 1.807) is 0 Å². The Balaban J connectivity index is 2.72. The quantitative estimate of drug-likeness (QED) is 0.649. The highest BCUT2D eigenvalue weighted by molar-refractivity contribution is 6.74. The second-order valence-electron chi connectivity index (χ2n) is 9.72. The molecule has 0 amide bonds. The lowest BCUT2D eigenvalue weighted by atomic mass is 9.42. The smallest absolute Gasteiger partial charge is 0.250 e. The lowest BCUT2D eigenvalue weighted by Crippen LogP contribution is -2.60. The summed E-state index contributed by atoms with van der Waals surface area (Å²) in [7, 11) is -2.19. The number of allylic oxidation sites excluding steroid dienone is 2. The molecule has 2 bridgehead atoms. The Labute approximate surface area is 164 Å². The Morgan fingerprint density at radius 2 is 1.52 bits per heavy atom. The number of hydrogen-bond acceptors (Lipinski definition) is 5. The number of hydrogen-bond donors (Lipinski definition) is 0. The summed E-state index contributed by atoms with van der Waals surface area (Å²) < 4.78 is 6.53. The molecule has 6 heteroatoms. The maximum absolute atomic E-state index is 10.0. The molecule has 0 aliphatic heterocycles. The van der Waals surface area contributed by atoms with Gasteiger partial charge in [0.15, 0.2) is 10.8 Å². The molecule has 0 heterocycles. The van der Waals surface area contributed by atoms with Crippen LogP contribution in [0.4, 0.5) is 0 Å². The minimum atomic E-state index is -2.19. The van der Waals surface area contributed by atoms with Gasteiger partial charge in [-0.1, -0.05) is 34.6 Å². The van der Waals surface area contributed by atoms with Crippen molar-refractivity contribution >= 4 is 8.32 Å². The van der Waals surface area contributed by atoms with Crippen molar-refractivity contribution in [3.63, 3.8) is 0 Å². The molecular formula is C21H28N4OSi. The molecular weight excluding hydrogens is 352 g/mol. The van der Waals surface area contributed by atoms with Gasteiger partial charge in [0.25, 0.3) is 0 Å². The molecule has 0 aromatic rings. The Kier molecular flexibility index (Phi) is 4.99. The van der Waals surface area contributed by atoms with Crippen molar-refractivity contribution in [1.82, 2.24) is 0 Å². The summed E-state index contributed by atoms with van der Waals surface area (Å²) in [6.45, 7) is 14.8. The van der Waals surface area contributed by atoms with E-state index in [-0.39, 0.29) is 16.9 Å². The largest absolute Gasteiger partial charge is 0.546 e. The van der Waals surface area contributed by atoms with E-state index in [2.05, 4.69) is 72.0 Å². The van der Waals surface area contributed by atoms with E-state index in [4.69, 9.17) is 4.43 Å². The van der Waals surface area contributed by atoms with Crippen LogP contribution < -0.4 is 0 Å². The lowest BCUT2D eigenvalue weighted by molar-refractivity contribution is -0.0106. The van der Waals surface area contributed by atoms with Gasteiger partial charge in [0, 0.05) is 11.8 Å². The molecule has 0 saturated heterocycles. The van der Waals surface area contributed by atoms with E-state index in [9.17, 15) is 21.0 Å². The van der Waals surface area contributed by atoms with E-state index in [1.165, 1.54) is 0 Å². The first kappa shape index (κ1) is 21.0. The minimum absolute atomic E-state index is 0.0362. The third-order valence-corrected chi connectivity index (χ3v) is 11.4. The van der Waals surface area contributed by atoms with Gasteiger partial charge in [0.1, 0.15) is 0 Å². The molecule has 0 unspecified atom stereocenters. The normalized spacial score (nSPS) is 28.3. The van der Waals surface area contributed by atoms with Crippen LogP contribution in [0, 0.1) is 79.8 Å². The van der Waals surface area contributed by atoms with Crippen LogP contribution in [0.25, 0.3) is 0 Å². The van der Waals surface area contributed by atoms with Crippen LogP contribution in [-0.2, 0) is 4.43 Å². The fraction of sp³-hybridized carbons (Fsp3) is 0.714. The van der Waals surface area contributed by atoms with Crippen molar-refractivity contribution in [2.45, 2.75) is 59.2 Å². The number of fused-ring (bicyclic) bond motifs is 2. The van der Waals surface area contributed by atoms with E-state index >= 15 is 0 Å². The summed E-state index contributed by atoms with van der Waals surface area (Å²) in [5.41, 5.74) is -3.38. The molecule has 142 valence electrons. The first-order chi connectivity index (χ1) is 12.4. The number of nitrogens with zero attached hydrogens (tertiary/aromatic N) is 4. The summed E-state index contributed by atoms with van der Waals surface area (Å²) in [5, 5.41) is 39.9.